The summed E-state index contributed by atoms with van der Waals surface area (Å²) in [5.74, 6) is -0.377. The summed E-state index contributed by atoms with van der Waals surface area (Å²) in [4.78, 5) is 32.4. The van der Waals surface area contributed by atoms with Gasteiger partial charge in [0, 0.05) is 6.42 Å². The highest BCUT2D eigenvalue weighted by Crippen LogP contribution is 2.39. The highest BCUT2D eigenvalue weighted by molar-refractivity contribution is 7.59. The van der Waals surface area contributed by atoms with Crippen molar-refractivity contribution >= 4 is 35.9 Å². The van der Waals surface area contributed by atoms with Crippen LogP contribution in [0.2, 0.25) is 0 Å². The number of benzene rings is 3. The van der Waals surface area contributed by atoms with Gasteiger partial charge in [0.25, 0.3) is 0 Å². The SMILES string of the molecule is CC(C)OC(=O)[C@H](Cc1ccccc1)NP(=O)(COCCc1nc(N)sc1-c1ccc(OC(C)C)cc1)N[C@@H](Cc1ccccc1)C(=O)OC(C)C. The van der Waals surface area contributed by atoms with Crippen molar-refractivity contribution in [3.8, 4) is 16.2 Å². The van der Waals surface area contributed by atoms with E-state index in [0.717, 1.165) is 33.0 Å². The lowest BCUT2D eigenvalue weighted by atomic mass is 10.1. The lowest BCUT2D eigenvalue weighted by molar-refractivity contribution is -0.150. The van der Waals surface area contributed by atoms with E-state index in [1.807, 2.05) is 98.8 Å². The van der Waals surface area contributed by atoms with Crippen molar-refractivity contribution < 1.29 is 33.1 Å². The number of aromatic nitrogens is 1. The van der Waals surface area contributed by atoms with Crippen LogP contribution in [0.4, 0.5) is 5.13 Å². The standard InChI is InChI=1S/C39H51N4O7PS/c1-26(2)48-32-19-17-31(18-20-32)36-33(41-39(40)52-36)21-22-47-25-51(46,42-34(37(44)49-27(3)4)23-29-13-9-7-10-14-29)43-35(38(45)50-28(5)6)24-30-15-11-8-12-16-30/h7-20,26-28,34-35H,21-25H2,1-6H3,(H2,40,41)(H2,42,43,46)/t34-,35-/m0/s1. The van der Waals surface area contributed by atoms with Gasteiger partial charge in [0.15, 0.2) is 5.13 Å². The molecule has 0 aliphatic rings. The number of rotatable bonds is 20. The van der Waals surface area contributed by atoms with Crippen LogP contribution in [0.5, 0.6) is 5.75 Å². The number of ether oxygens (including phenoxy) is 4. The number of carbonyl (C=O) groups excluding carboxylic acids is 2. The number of hydrogen-bond donors (Lipinski definition) is 3. The van der Waals surface area contributed by atoms with Crippen LogP contribution in [0.25, 0.3) is 10.4 Å². The Kier molecular flexibility index (Phi) is 15.4. The molecule has 0 saturated carbocycles. The Morgan fingerprint density at radius 1 is 0.750 bits per heavy atom. The second kappa shape index (κ2) is 19.7. The zero-order valence-corrected chi connectivity index (χ0v) is 32.5. The summed E-state index contributed by atoms with van der Waals surface area (Å²) in [5, 5.41) is 6.54. The average molecular weight is 751 g/mol. The monoisotopic (exact) mass is 750 g/mol. The molecule has 3 aromatic carbocycles. The fourth-order valence-electron chi connectivity index (χ4n) is 5.39. The van der Waals surface area contributed by atoms with Gasteiger partial charge in [-0.15, -0.1) is 0 Å². The second-order valence-electron chi connectivity index (χ2n) is 13.3. The van der Waals surface area contributed by atoms with Gasteiger partial charge in [0.1, 0.15) is 24.2 Å². The molecule has 1 heterocycles. The maximum absolute atomic E-state index is 15.0. The third kappa shape index (κ3) is 13.2. The van der Waals surface area contributed by atoms with E-state index < -0.39 is 43.7 Å². The molecule has 52 heavy (non-hydrogen) atoms. The zero-order valence-electron chi connectivity index (χ0n) is 30.7. The van der Waals surface area contributed by atoms with Crippen molar-refractivity contribution in [2.45, 2.75) is 91.2 Å². The third-order valence-corrected chi connectivity index (χ3v) is 10.5. The van der Waals surface area contributed by atoms with E-state index in [2.05, 4.69) is 15.2 Å². The van der Waals surface area contributed by atoms with Gasteiger partial charge in [-0.25, -0.2) is 15.2 Å². The maximum Gasteiger partial charge on any atom is 0.324 e. The molecular formula is C39H51N4O7PS. The first-order chi connectivity index (χ1) is 24.8. The van der Waals surface area contributed by atoms with Gasteiger partial charge < -0.3 is 24.7 Å². The Hall–Kier alpha value is -4.06. The number of nitrogens with one attached hydrogen (secondary N) is 2. The predicted octanol–water partition coefficient (Wildman–Crippen LogP) is 7.19. The first kappa shape index (κ1) is 40.7. The molecule has 11 nitrogen and oxygen atoms in total. The molecule has 0 fully saturated rings. The molecule has 0 bridgehead atoms. The summed E-state index contributed by atoms with van der Waals surface area (Å²) in [6.07, 6.45) is -0.326. The summed E-state index contributed by atoms with van der Waals surface area (Å²) >= 11 is 1.37. The van der Waals surface area contributed by atoms with E-state index in [1.54, 1.807) is 27.7 Å². The van der Waals surface area contributed by atoms with Crippen LogP contribution < -0.4 is 20.6 Å². The number of nitrogen functional groups attached to an aromatic ring is 1. The normalized spacial score (nSPS) is 12.9. The number of anilines is 1. The minimum absolute atomic E-state index is 0.0569. The van der Waals surface area contributed by atoms with Crippen molar-refractivity contribution in [3.63, 3.8) is 0 Å². The molecule has 4 rings (SSSR count). The molecule has 0 radical (unpaired) electrons. The molecular weight excluding hydrogens is 699 g/mol. The molecule has 4 N–H and O–H groups in total. The number of esters is 2. The number of nitrogens with two attached hydrogens (primary N) is 1. The summed E-state index contributed by atoms with van der Waals surface area (Å²) in [5.41, 5.74) is 9.49. The Balaban J connectivity index is 1.58. The maximum atomic E-state index is 15.0. The first-order valence-corrected chi connectivity index (χ1v) is 20.2. The Morgan fingerprint density at radius 2 is 1.25 bits per heavy atom. The Labute approximate surface area is 311 Å². The summed E-state index contributed by atoms with van der Waals surface area (Å²) in [6, 6.07) is 24.5. The summed E-state index contributed by atoms with van der Waals surface area (Å²) in [6.45, 7) is 11.1. The minimum atomic E-state index is -3.88. The molecule has 2 atom stereocenters. The van der Waals surface area contributed by atoms with Crippen LogP contribution in [0, 0.1) is 0 Å². The van der Waals surface area contributed by atoms with Gasteiger partial charge in [-0.1, -0.05) is 72.0 Å². The van der Waals surface area contributed by atoms with Gasteiger partial charge >= 0.3 is 11.9 Å². The second-order valence-corrected chi connectivity index (χ2v) is 16.5. The number of carbonyl (C=O) groups is 2. The predicted molar refractivity (Wildman–Crippen MR) is 206 cm³/mol. The minimum Gasteiger partial charge on any atom is -0.491 e. The number of thiazole rings is 1. The van der Waals surface area contributed by atoms with E-state index in [9.17, 15) is 14.2 Å². The quantitative estimate of drug-likeness (QED) is 0.0478. The number of nitrogens with zero attached hydrogens (tertiary/aromatic N) is 1. The van der Waals surface area contributed by atoms with E-state index in [1.165, 1.54) is 11.3 Å². The van der Waals surface area contributed by atoms with Crippen LogP contribution in [-0.2, 0) is 47.6 Å². The van der Waals surface area contributed by atoms with E-state index in [-0.39, 0.29) is 31.9 Å². The van der Waals surface area contributed by atoms with Gasteiger partial charge in [0.2, 0.25) is 7.44 Å². The summed E-state index contributed by atoms with van der Waals surface area (Å²) in [7, 11) is -3.88. The molecule has 4 aromatic rings. The van der Waals surface area contributed by atoms with Gasteiger partial charge in [0.05, 0.1) is 35.5 Å². The van der Waals surface area contributed by atoms with Crippen LogP contribution in [0.1, 0.15) is 58.4 Å². The fraction of sp³-hybridized carbons (Fsp3) is 0.410. The topological polar surface area (TPSA) is 151 Å². The number of hydrogen-bond acceptors (Lipinski definition) is 10. The van der Waals surface area contributed by atoms with Crippen LogP contribution >= 0.6 is 18.8 Å². The molecule has 1 aromatic heterocycles. The van der Waals surface area contributed by atoms with E-state index in [0.29, 0.717) is 11.6 Å². The lowest BCUT2D eigenvalue weighted by Crippen LogP contribution is -2.47. The van der Waals surface area contributed by atoms with Gasteiger partial charge in [-0.05, 0) is 95.3 Å². The molecule has 0 aliphatic carbocycles. The zero-order chi connectivity index (χ0) is 37.7. The van der Waals surface area contributed by atoms with Crippen LogP contribution in [0.3, 0.4) is 0 Å². The Morgan fingerprint density at radius 3 is 1.71 bits per heavy atom. The molecule has 0 saturated heterocycles. The van der Waals surface area contributed by atoms with Crippen molar-refractivity contribution in [1.29, 1.82) is 0 Å². The van der Waals surface area contributed by atoms with Gasteiger partial charge in [-0.2, -0.15) is 0 Å². The third-order valence-electron chi connectivity index (χ3n) is 7.53. The molecule has 0 amide bonds. The fourth-order valence-corrected chi connectivity index (χ4v) is 8.29. The molecule has 280 valence electrons. The molecule has 0 unspecified atom stereocenters. The van der Waals surface area contributed by atoms with E-state index >= 15 is 0 Å². The van der Waals surface area contributed by atoms with Gasteiger partial charge in [-0.3, -0.25) is 14.2 Å². The van der Waals surface area contributed by atoms with Crippen LogP contribution in [-0.4, -0.2) is 60.3 Å². The Bertz CT molecular complexity index is 1680. The molecule has 0 spiro atoms. The van der Waals surface area contributed by atoms with Crippen molar-refractivity contribution in [2.24, 2.45) is 0 Å². The summed E-state index contributed by atoms with van der Waals surface area (Å²) < 4.78 is 38.1. The van der Waals surface area contributed by atoms with Crippen molar-refractivity contribution in [1.82, 2.24) is 15.2 Å². The molecule has 0 aliphatic heterocycles. The van der Waals surface area contributed by atoms with Crippen molar-refractivity contribution in [3.05, 3.63) is 102 Å². The first-order valence-electron chi connectivity index (χ1n) is 17.5. The smallest absolute Gasteiger partial charge is 0.324 e. The largest absolute Gasteiger partial charge is 0.491 e. The highest BCUT2D eigenvalue weighted by Gasteiger charge is 2.36. The highest BCUT2D eigenvalue weighted by atomic mass is 32.1. The average Bonchev–Trinajstić information content (AvgIpc) is 3.46. The van der Waals surface area contributed by atoms with E-state index in [4.69, 9.17) is 24.7 Å². The lowest BCUT2D eigenvalue weighted by Gasteiger charge is -2.29. The van der Waals surface area contributed by atoms with Crippen LogP contribution in [0.15, 0.2) is 84.9 Å². The van der Waals surface area contributed by atoms with Crippen molar-refractivity contribution in [2.75, 3.05) is 18.7 Å². The molecule has 13 heteroatoms.